The van der Waals surface area contributed by atoms with Crippen LogP contribution < -0.4 is 36.9 Å². The van der Waals surface area contributed by atoms with Crippen LogP contribution >= 0.6 is 34.3 Å². The molecule has 7 N–H and O–H groups in total. The van der Waals surface area contributed by atoms with Crippen molar-refractivity contribution < 1.29 is 19.1 Å². The molecule has 2 aromatic carbocycles. The number of thiophene rings is 2. The van der Waals surface area contributed by atoms with Gasteiger partial charge in [0.15, 0.2) is 10.1 Å². The molecule has 51 heavy (non-hydrogen) atoms. The average molecular weight is 740 g/mol. The highest BCUT2D eigenvalue weighted by Crippen LogP contribution is 2.31. The summed E-state index contributed by atoms with van der Waals surface area (Å²) in [5.74, 6) is 2.08. The quantitative estimate of drug-likeness (QED) is 0.0779. The second kappa shape index (κ2) is 16.9. The van der Waals surface area contributed by atoms with Gasteiger partial charge in [0.1, 0.15) is 34.1 Å². The number of ether oxygens (including phenoxy) is 2. The predicted octanol–water partition coefficient (Wildman–Crippen LogP) is 8.12. The van der Waals surface area contributed by atoms with E-state index in [1.54, 1.807) is 18.2 Å². The molecular formula is C37H34ClN7O4S2. The topological polar surface area (TPSA) is 167 Å². The van der Waals surface area contributed by atoms with Crippen molar-refractivity contribution in [2.45, 2.75) is 32.0 Å². The maximum atomic E-state index is 12.4. The average Bonchev–Trinajstić information content (AvgIpc) is 3.64. The molecule has 14 heteroatoms. The van der Waals surface area contributed by atoms with Gasteiger partial charge < -0.3 is 36.9 Å². The van der Waals surface area contributed by atoms with E-state index in [0.717, 1.165) is 44.2 Å². The van der Waals surface area contributed by atoms with Crippen LogP contribution in [0.1, 0.15) is 43.3 Å². The van der Waals surface area contributed by atoms with E-state index < -0.39 is 0 Å². The van der Waals surface area contributed by atoms with Crippen LogP contribution in [0.3, 0.4) is 0 Å². The molecule has 0 atom stereocenters. The van der Waals surface area contributed by atoms with Gasteiger partial charge in [-0.2, -0.15) is 0 Å². The number of hydrogen-bond acceptors (Lipinski definition) is 11. The molecule has 0 aliphatic heterocycles. The van der Waals surface area contributed by atoms with E-state index in [-0.39, 0.29) is 28.6 Å². The maximum absolute atomic E-state index is 12.4. The van der Waals surface area contributed by atoms with Crippen LogP contribution in [0, 0.1) is 0 Å². The van der Waals surface area contributed by atoms with E-state index in [1.807, 2.05) is 84.9 Å². The van der Waals surface area contributed by atoms with Crippen molar-refractivity contribution in [3.63, 3.8) is 0 Å². The van der Waals surface area contributed by atoms with Gasteiger partial charge in [0.2, 0.25) is 0 Å². The number of rotatable bonds is 12. The smallest absolute Gasteiger partial charge is 0.255 e. The number of nitrogens with one attached hydrogen (secondary N) is 3. The highest BCUT2D eigenvalue weighted by atomic mass is 35.5. The molecule has 7 rings (SSSR count). The first-order valence-corrected chi connectivity index (χ1v) is 17.9. The Kier molecular flexibility index (Phi) is 11.6. The summed E-state index contributed by atoms with van der Waals surface area (Å²) >= 11 is 8.69. The molecule has 6 aromatic rings. The third-order valence-electron chi connectivity index (χ3n) is 7.28. The van der Waals surface area contributed by atoms with Gasteiger partial charge in [0, 0.05) is 15.8 Å². The number of nitrogen functional groups attached to an aromatic ring is 2. The number of amides is 2. The summed E-state index contributed by atoms with van der Waals surface area (Å²) in [6, 6.07) is 33.8. The fourth-order valence-electron chi connectivity index (χ4n) is 4.58. The lowest BCUT2D eigenvalue weighted by molar-refractivity contribution is 0.0943. The molecule has 2 amide bonds. The molecule has 11 nitrogen and oxygen atoms in total. The van der Waals surface area contributed by atoms with Gasteiger partial charge in [0.25, 0.3) is 11.8 Å². The van der Waals surface area contributed by atoms with Gasteiger partial charge >= 0.3 is 0 Å². The lowest BCUT2D eigenvalue weighted by Crippen LogP contribution is -2.24. The third kappa shape index (κ3) is 10.4. The SMILES string of the molecule is Nc1nc(Cl)ccc1C(=O)NCc1ccc(Oc2ccccc2)s1.Nc1nc(NC2CC2)ccc1C(=O)NCc1ccc(Oc2ccccc2)s1. The van der Waals surface area contributed by atoms with Crippen molar-refractivity contribution in [2.75, 3.05) is 16.8 Å². The zero-order valence-corrected chi connectivity index (χ0v) is 29.6. The summed E-state index contributed by atoms with van der Waals surface area (Å²) in [4.78, 5) is 34.6. The third-order valence-corrected chi connectivity index (χ3v) is 9.41. The number of aromatic nitrogens is 2. The zero-order valence-electron chi connectivity index (χ0n) is 27.2. The Morgan fingerprint density at radius 3 is 1.63 bits per heavy atom. The molecule has 1 aliphatic carbocycles. The molecule has 1 saturated carbocycles. The number of anilines is 3. The van der Waals surface area contributed by atoms with Crippen LogP contribution in [0.5, 0.6) is 21.6 Å². The molecule has 0 bridgehead atoms. The first-order chi connectivity index (χ1) is 24.8. The molecule has 0 saturated heterocycles. The second-order valence-corrected chi connectivity index (χ2v) is 13.9. The van der Waals surface area contributed by atoms with Crippen molar-refractivity contribution in [3.05, 3.63) is 135 Å². The molecule has 0 unspecified atom stereocenters. The molecule has 1 aliphatic rings. The van der Waals surface area contributed by atoms with Crippen LogP contribution in [-0.4, -0.2) is 27.8 Å². The van der Waals surface area contributed by atoms with Gasteiger partial charge in [-0.3, -0.25) is 9.59 Å². The highest BCUT2D eigenvalue weighted by molar-refractivity contribution is 7.14. The van der Waals surface area contributed by atoms with Crippen LogP contribution in [0.15, 0.2) is 109 Å². The summed E-state index contributed by atoms with van der Waals surface area (Å²) < 4.78 is 11.5. The highest BCUT2D eigenvalue weighted by Gasteiger charge is 2.22. The minimum Gasteiger partial charge on any atom is -0.447 e. The van der Waals surface area contributed by atoms with E-state index in [4.69, 9.17) is 32.5 Å². The fourth-order valence-corrected chi connectivity index (χ4v) is 6.36. The Labute approximate surface area is 307 Å². The number of benzene rings is 2. The van der Waals surface area contributed by atoms with E-state index in [0.29, 0.717) is 36.1 Å². The van der Waals surface area contributed by atoms with E-state index in [9.17, 15) is 9.59 Å². The van der Waals surface area contributed by atoms with Gasteiger partial charge in [-0.15, -0.1) is 22.7 Å². The van der Waals surface area contributed by atoms with Crippen LogP contribution in [0.4, 0.5) is 17.5 Å². The minimum atomic E-state index is -0.296. The molecule has 4 heterocycles. The standard InChI is InChI=1S/C20H20N4O2S.C17H14ClN3O2S/c21-19-16(9-10-17(24-19)23-13-6-7-13)20(25)22-12-15-8-11-18(27-15)26-14-4-2-1-3-5-14;18-14-8-7-13(16(19)21-14)17(22)20-10-12-6-9-15(24-12)23-11-4-2-1-3-5-11/h1-5,8-11,13H,6-7,12H2,(H,22,25)(H3,21,23,24);1-9H,10H2,(H2,19,21)(H,20,22). The summed E-state index contributed by atoms with van der Waals surface area (Å²) in [6.07, 6.45) is 2.31. The predicted molar refractivity (Wildman–Crippen MR) is 203 cm³/mol. The number of hydrogen-bond donors (Lipinski definition) is 5. The molecular weight excluding hydrogens is 706 g/mol. The Bertz CT molecular complexity index is 2090. The lowest BCUT2D eigenvalue weighted by Gasteiger charge is -2.09. The number of halogens is 1. The van der Waals surface area contributed by atoms with Gasteiger partial charge in [-0.25, -0.2) is 9.97 Å². The molecule has 4 aromatic heterocycles. The van der Waals surface area contributed by atoms with Gasteiger partial charge in [-0.05, 0) is 85.6 Å². The summed E-state index contributed by atoms with van der Waals surface area (Å²) in [5, 5.41) is 10.8. The monoisotopic (exact) mass is 739 g/mol. The Morgan fingerprint density at radius 2 is 1.16 bits per heavy atom. The number of nitrogens with zero attached hydrogens (tertiary/aromatic N) is 2. The van der Waals surface area contributed by atoms with Crippen molar-refractivity contribution in [1.82, 2.24) is 20.6 Å². The van der Waals surface area contributed by atoms with Crippen LogP contribution in [-0.2, 0) is 13.1 Å². The fraction of sp³-hybridized carbons (Fsp3) is 0.135. The number of carbonyl (C=O) groups excluding carboxylic acids is 2. The summed E-state index contributed by atoms with van der Waals surface area (Å²) in [5.41, 5.74) is 12.3. The number of pyridine rings is 2. The molecule has 0 radical (unpaired) electrons. The Morgan fingerprint density at radius 1 is 0.667 bits per heavy atom. The van der Waals surface area contributed by atoms with Crippen molar-refractivity contribution in [1.29, 1.82) is 0 Å². The zero-order chi connectivity index (χ0) is 35.6. The normalized spacial score (nSPS) is 11.9. The van der Waals surface area contributed by atoms with Crippen molar-refractivity contribution in [3.8, 4) is 21.6 Å². The van der Waals surface area contributed by atoms with Gasteiger partial charge in [0.05, 0.1) is 24.2 Å². The van der Waals surface area contributed by atoms with Crippen molar-refractivity contribution >= 4 is 63.5 Å². The van der Waals surface area contributed by atoms with E-state index in [1.165, 1.54) is 28.7 Å². The molecule has 260 valence electrons. The lowest BCUT2D eigenvalue weighted by atomic mass is 10.2. The number of nitrogens with two attached hydrogens (primary N) is 2. The van der Waals surface area contributed by atoms with E-state index >= 15 is 0 Å². The summed E-state index contributed by atoms with van der Waals surface area (Å²) in [7, 11) is 0. The Hall–Kier alpha value is -5.63. The second-order valence-electron chi connectivity index (χ2n) is 11.3. The maximum Gasteiger partial charge on any atom is 0.255 e. The first kappa shape index (κ1) is 35.2. The molecule has 0 spiro atoms. The number of para-hydroxylation sites is 2. The van der Waals surface area contributed by atoms with Gasteiger partial charge in [-0.1, -0.05) is 48.0 Å². The number of carbonyl (C=O) groups is 2. The van der Waals surface area contributed by atoms with Crippen molar-refractivity contribution in [2.24, 2.45) is 0 Å². The van der Waals surface area contributed by atoms with Crippen LogP contribution in [0.2, 0.25) is 5.15 Å². The van der Waals surface area contributed by atoms with E-state index in [2.05, 4.69) is 25.9 Å². The van der Waals surface area contributed by atoms with Crippen LogP contribution in [0.25, 0.3) is 0 Å². The minimum absolute atomic E-state index is 0.110. The largest absolute Gasteiger partial charge is 0.447 e. The first-order valence-electron chi connectivity index (χ1n) is 15.9. The Balaban J connectivity index is 0.000000177. The molecule has 1 fully saturated rings. The summed E-state index contributed by atoms with van der Waals surface area (Å²) in [6.45, 7) is 0.785.